The van der Waals surface area contributed by atoms with E-state index < -0.39 is 0 Å². The number of aryl methyl sites for hydroxylation is 1. The van der Waals surface area contributed by atoms with E-state index in [-0.39, 0.29) is 5.97 Å². The van der Waals surface area contributed by atoms with Gasteiger partial charge in [0.25, 0.3) is 0 Å². The van der Waals surface area contributed by atoms with Gasteiger partial charge in [-0.3, -0.25) is 0 Å². The number of thiophene rings is 1. The summed E-state index contributed by atoms with van der Waals surface area (Å²) in [6.07, 6.45) is 3.94. The van der Waals surface area contributed by atoms with Crippen molar-refractivity contribution < 1.29 is 9.53 Å². The lowest BCUT2D eigenvalue weighted by Gasteiger charge is -2.02. The van der Waals surface area contributed by atoms with Crippen molar-refractivity contribution in [2.45, 2.75) is 6.42 Å². The first-order valence-corrected chi connectivity index (χ1v) is 8.14. The van der Waals surface area contributed by atoms with Crippen LogP contribution in [0.15, 0.2) is 42.5 Å². The van der Waals surface area contributed by atoms with Gasteiger partial charge in [0.1, 0.15) is 0 Å². The highest BCUT2D eigenvalue weighted by atomic mass is 32.1. The van der Waals surface area contributed by atoms with Crippen LogP contribution in [-0.2, 0) is 23.0 Å². The number of methoxy groups -OCH3 is 1. The van der Waals surface area contributed by atoms with Crippen LogP contribution in [0.1, 0.15) is 15.3 Å². The van der Waals surface area contributed by atoms with E-state index >= 15 is 0 Å². The number of hydrogen-bond donors (Lipinski definition) is 0. The topological polar surface area (TPSA) is 69.9 Å². The van der Waals surface area contributed by atoms with E-state index in [2.05, 4.69) is 32.4 Å². The standard InChI is InChI=1S/C17H16N4O2S/c1-21-17(18-19-20-21)14-11-13(8-9-16(22)23-2)24-15(14)10-12-6-4-3-5-7-12/h3-9,11H,10H2,1-2H3/b9-8+. The fraction of sp³-hybridized carbons (Fsp3) is 0.176. The summed E-state index contributed by atoms with van der Waals surface area (Å²) in [5.41, 5.74) is 2.18. The molecule has 2 aromatic heterocycles. The van der Waals surface area contributed by atoms with Gasteiger partial charge in [-0.2, -0.15) is 0 Å². The lowest BCUT2D eigenvalue weighted by Crippen LogP contribution is -1.96. The molecule has 0 aliphatic heterocycles. The molecular formula is C17H16N4O2S. The smallest absolute Gasteiger partial charge is 0.330 e. The second-order valence-electron chi connectivity index (χ2n) is 5.13. The molecule has 0 saturated carbocycles. The van der Waals surface area contributed by atoms with Gasteiger partial charge in [-0.15, -0.1) is 16.4 Å². The summed E-state index contributed by atoms with van der Waals surface area (Å²) in [5.74, 6) is 0.324. The maximum Gasteiger partial charge on any atom is 0.330 e. The van der Waals surface area contributed by atoms with Gasteiger partial charge in [0.15, 0.2) is 5.82 Å². The highest BCUT2D eigenvalue weighted by Gasteiger charge is 2.15. The number of hydrogen-bond acceptors (Lipinski definition) is 6. The van der Waals surface area contributed by atoms with E-state index in [0.29, 0.717) is 5.82 Å². The predicted octanol–water partition coefficient (Wildman–Crippen LogP) is 2.72. The molecule has 6 nitrogen and oxygen atoms in total. The molecule has 1 aromatic carbocycles. The molecule has 0 fully saturated rings. The summed E-state index contributed by atoms with van der Waals surface area (Å²) in [5, 5.41) is 11.7. The monoisotopic (exact) mass is 340 g/mol. The van der Waals surface area contributed by atoms with Crippen LogP contribution in [0.4, 0.5) is 0 Å². The number of carbonyl (C=O) groups is 1. The minimum atomic E-state index is -0.380. The number of esters is 1. The van der Waals surface area contributed by atoms with E-state index in [9.17, 15) is 4.79 Å². The summed E-state index contributed by atoms with van der Waals surface area (Å²) in [7, 11) is 3.17. The summed E-state index contributed by atoms with van der Waals surface area (Å²) in [6.45, 7) is 0. The number of benzene rings is 1. The first-order chi connectivity index (χ1) is 11.7. The highest BCUT2D eigenvalue weighted by Crippen LogP contribution is 2.32. The molecule has 24 heavy (non-hydrogen) atoms. The molecule has 0 aliphatic rings. The molecule has 0 unspecified atom stereocenters. The summed E-state index contributed by atoms with van der Waals surface area (Å²) < 4.78 is 6.28. The van der Waals surface area contributed by atoms with Gasteiger partial charge in [-0.1, -0.05) is 30.3 Å². The zero-order valence-electron chi connectivity index (χ0n) is 13.3. The molecule has 0 amide bonds. The van der Waals surface area contributed by atoms with Crippen molar-refractivity contribution in [2.24, 2.45) is 7.05 Å². The molecule has 7 heteroatoms. The van der Waals surface area contributed by atoms with Crippen LogP contribution in [0.25, 0.3) is 17.5 Å². The summed E-state index contributed by atoms with van der Waals surface area (Å²) in [4.78, 5) is 13.4. The van der Waals surface area contributed by atoms with Crippen LogP contribution >= 0.6 is 11.3 Å². The van der Waals surface area contributed by atoms with Crippen molar-refractivity contribution in [3.8, 4) is 11.4 Å². The molecule has 2 heterocycles. The zero-order valence-corrected chi connectivity index (χ0v) is 14.2. The molecule has 3 aromatic rings. The predicted molar refractivity (Wildman–Crippen MR) is 92.4 cm³/mol. The normalized spacial score (nSPS) is 11.1. The summed E-state index contributed by atoms with van der Waals surface area (Å²) >= 11 is 1.61. The van der Waals surface area contributed by atoms with Crippen molar-refractivity contribution >= 4 is 23.4 Å². The number of carbonyl (C=O) groups excluding carboxylic acids is 1. The van der Waals surface area contributed by atoms with Crippen molar-refractivity contribution in [1.29, 1.82) is 0 Å². The van der Waals surface area contributed by atoms with E-state index in [0.717, 1.165) is 21.7 Å². The Balaban J connectivity index is 1.98. The first kappa shape index (κ1) is 16.1. The zero-order chi connectivity index (χ0) is 16.9. The first-order valence-electron chi connectivity index (χ1n) is 7.32. The number of ether oxygens (including phenoxy) is 1. The Hall–Kier alpha value is -2.80. The van der Waals surface area contributed by atoms with Crippen molar-refractivity contribution in [2.75, 3.05) is 7.11 Å². The van der Waals surface area contributed by atoms with Gasteiger partial charge in [-0.05, 0) is 28.1 Å². The van der Waals surface area contributed by atoms with E-state index in [1.807, 2.05) is 31.3 Å². The molecule has 0 radical (unpaired) electrons. The fourth-order valence-electron chi connectivity index (χ4n) is 2.31. The minimum Gasteiger partial charge on any atom is -0.466 e. The van der Waals surface area contributed by atoms with Crippen LogP contribution < -0.4 is 0 Å². The average molecular weight is 340 g/mol. The van der Waals surface area contributed by atoms with Gasteiger partial charge >= 0.3 is 5.97 Å². The Kier molecular flexibility index (Phi) is 4.81. The van der Waals surface area contributed by atoms with Crippen molar-refractivity contribution in [3.63, 3.8) is 0 Å². The van der Waals surface area contributed by atoms with Crippen LogP contribution in [0, 0.1) is 0 Å². The maximum atomic E-state index is 11.3. The Bertz CT molecular complexity index is 868. The van der Waals surface area contributed by atoms with E-state index in [1.54, 1.807) is 22.1 Å². The average Bonchev–Trinajstić information content (AvgIpc) is 3.19. The number of tetrazole rings is 1. The lowest BCUT2D eigenvalue weighted by atomic mass is 10.1. The summed E-state index contributed by atoms with van der Waals surface area (Å²) in [6, 6.07) is 12.2. The second-order valence-corrected chi connectivity index (χ2v) is 6.30. The minimum absolute atomic E-state index is 0.380. The van der Waals surface area contributed by atoms with E-state index in [4.69, 9.17) is 0 Å². The molecule has 0 aliphatic carbocycles. The second kappa shape index (κ2) is 7.18. The largest absolute Gasteiger partial charge is 0.466 e. The molecule has 0 saturated heterocycles. The maximum absolute atomic E-state index is 11.3. The number of aromatic nitrogens is 4. The van der Waals surface area contributed by atoms with Crippen LogP contribution in [-0.4, -0.2) is 33.3 Å². The SMILES string of the molecule is COC(=O)/C=C/c1cc(-c2nnnn2C)c(Cc2ccccc2)s1. The highest BCUT2D eigenvalue weighted by molar-refractivity contribution is 7.13. The number of nitrogens with zero attached hydrogens (tertiary/aromatic N) is 4. The van der Waals surface area contributed by atoms with Gasteiger partial charge in [-0.25, -0.2) is 9.48 Å². The molecule has 0 atom stereocenters. The molecular weight excluding hydrogens is 324 g/mol. The van der Waals surface area contributed by atoms with Gasteiger partial charge in [0.05, 0.1) is 7.11 Å². The molecule has 0 N–H and O–H groups in total. The van der Waals surface area contributed by atoms with Crippen molar-refractivity contribution in [3.05, 3.63) is 57.8 Å². The Labute approximate surface area is 143 Å². The Morgan fingerprint density at radius 2 is 2.12 bits per heavy atom. The Morgan fingerprint density at radius 3 is 2.79 bits per heavy atom. The van der Waals surface area contributed by atoms with Crippen LogP contribution in [0.2, 0.25) is 0 Å². The lowest BCUT2D eigenvalue weighted by molar-refractivity contribution is -0.134. The van der Waals surface area contributed by atoms with Crippen LogP contribution in [0.5, 0.6) is 0 Å². The van der Waals surface area contributed by atoms with E-state index in [1.165, 1.54) is 18.7 Å². The third-order valence-corrected chi connectivity index (χ3v) is 4.58. The fourth-order valence-corrected chi connectivity index (χ4v) is 3.41. The van der Waals surface area contributed by atoms with Gasteiger partial charge in [0.2, 0.25) is 0 Å². The third-order valence-electron chi connectivity index (χ3n) is 3.48. The Morgan fingerprint density at radius 1 is 1.33 bits per heavy atom. The third kappa shape index (κ3) is 3.57. The van der Waals surface area contributed by atoms with Crippen molar-refractivity contribution in [1.82, 2.24) is 20.2 Å². The quantitative estimate of drug-likeness (QED) is 0.527. The van der Waals surface area contributed by atoms with Gasteiger partial charge in [0, 0.05) is 34.9 Å². The van der Waals surface area contributed by atoms with Crippen LogP contribution in [0.3, 0.4) is 0 Å². The molecule has 0 bridgehead atoms. The molecule has 3 rings (SSSR count). The van der Waals surface area contributed by atoms with Gasteiger partial charge < -0.3 is 4.74 Å². The number of rotatable bonds is 5. The molecule has 122 valence electrons. The molecule has 0 spiro atoms.